The van der Waals surface area contributed by atoms with E-state index in [9.17, 15) is 4.39 Å². The van der Waals surface area contributed by atoms with E-state index < -0.39 is 0 Å². The van der Waals surface area contributed by atoms with Crippen LogP contribution in [0.1, 0.15) is 5.56 Å². The Morgan fingerprint density at radius 3 is 3.04 bits per heavy atom. The number of rotatable bonds is 5. The van der Waals surface area contributed by atoms with Crippen molar-refractivity contribution in [3.05, 3.63) is 70.9 Å². The van der Waals surface area contributed by atoms with Crippen LogP contribution in [0.4, 0.5) is 15.9 Å². The molecule has 138 valence electrons. The van der Waals surface area contributed by atoms with Gasteiger partial charge in [0.1, 0.15) is 11.6 Å². The van der Waals surface area contributed by atoms with E-state index in [2.05, 4.69) is 42.9 Å². The van der Waals surface area contributed by atoms with Crippen LogP contribution in [0.3, 0.4) is 0 Å². The summed E-state index contributed by atoms with van der Waals surface area (Å²) in [5, 5.41) is 10.5. The van der Waals surface area contributed by atoms with Crippen LogP contribution in [-0.2, 0) is 7.05 Å². The van der Waals surface area contributed by atoms with Crippen molar-refractivity contribution in [3.63, 3.8) is 0 Å². The first-order chi connectivity index (χ1) is 13.0. The van der Waals surface area contributed by atoms with Gasteiger partial charge in [0, 0.05) is 47.4 Å². The molecule has 1 aromatic carbocycles. The van der Waals surface area contributed by atoms with Crippen LogP contribution < -0.4 is 10.2 Å². The van der Waals surface area contributed by atoms with E-state index in [1.165, 1.54) is 6.07 Å². The van der Waals surface area contributed by atoms with E-state index >= 15 is 0 Å². The number of aromatic amines is 1. The van der Waals surface area contributed by atoms with Crippen molar-refractivity contribution in [2.45, 2.75) is 0 Å². The molecule has 0 spiro atoms. The molecular weight excluding hydrogens is 409 g/mol. The largest absolute Gasteiger partial charge is 0.362 e. The first-order valence-electron chi connectivity index (χ1n) is 8.53. The molecule has 27 heavy (non-hydrogen) atoms. The van der Waals surface area contributed by atoms with E-state index in [-0.39, 0.29) is 5.82 Å². The SMILES string of the molecule is C=C(CN1CC=Cc2cc(F)ccc21)Nc1c(-c2ccn[nH]2)c(Br)cn1C. The molecule has 0 amide bonds. The van der Waals surface area contributed by atoms with Gasteiger partial charge in [-0.2, -0.15) is 5.10 Å². The molecule has 3 aromatic rings. The number of H-pyrrole nitrogens is 1. The molecule has 1 aliphatic heterocycles. The number of fused-ring (bicyclic) bond motifs is 1. The maximum absolute atomic E-state index is 13.5. The summed E-state index contributed by atoms with van der Waals surface area (Å²) < 4.78 is 16.5. The fraction of sp³-hybridized carbons (Fsp3) is 0.150. The Balaban J connectivity index is 1.56. The molecule has 0 unspecified atom stereocenters. The van der Waals surface area contributed by atoms with Crippen molar-refractivity contribution in [3.8, 4) is 11.3 Å². The average Bonchev–Trinajstić information content (AvgIpc) is 3.23. The van der Waals surface area contributed by atoms with E-state index in [1.807, 2.05) is 42.1 Å². The number of anilines is 2. The van der Waals surface area contributed by atoms with Crippen LogP contribution in [0, 0.1) is 5.82 Å². The van der Waals surface area contributed by atoms with E-state index in [0.29, 0.717) is 6.54 Å². The van der Waals surface area contributed by atoms with Crippen molar-refractivity contribution in [1.82, 2.24) is 14.8 Å². The van der Waals surface area contributed by atoms with Crippen LogP contribution in [0.25, 0.3) is 17.3 Å². The molecule has 2 N–H and O–H groups in total. The molecule has 0 aliphatic carbocycles. The van der Waals surface area contributed by atoms with Crippen molar-refractivity contribution in [2.24, 2.45) is 7.05 Å². The zero-order chi connectivity index (χ0) is 19.0. The van der Waals surface area contributed by atoms with Gasteiger partial charge >= 0.3 is 0 Å². The summed E-state index contributed by atoms with van der Waals surface area (Å²) in [5.41, 5.74) is 4.64. The Morgan fingerprint density at radius 2 is 2.26 bits per heavy atom. The Hall–Kier alpha value is -2.80. The number of benzene rings is 1. The maximum atomic E-state index is 13.5. The minimum absolute atomic E-state index is 0.227. The second-order valence-electron chi connectivity index (χ2n) is 6.50. The number of hydrogen-bond donors (Lipinski definition) is 2. The minimum Gasteiger partial charge on any atom is -0.362 e. The number of hydrogen-bond acceptors (Lipinski definition) is 3. The molecule has 0 atom stereocenters. The standard InChI is InChI=1S/C20H19BrFN5/c1-13(11-27-9-3-4-14-10-15(22)5-6-18(14)27)24-20-19(16(21)12-26(20)2)17-7-8-23-25-17/h3-8,10,12,24H,1,9,11H2,2H3,(H,23,25). The lowest BCUT2D eigenvalue weighted by atomic mass is 10.1. The third-order valence-corrected chi connectivity index (χ3v) is 5.14. The van der Waals surface area contributed by atoms with Gasteiger partial charge in [0.25, 0.3) is 0 Å². The lowest BCUT2D eigenvalue weighted by Gasteiger charge is -2.29. The fourth-order valence-corrected chi connectivity index (χ4v) is 4.04. The number of nitrogens with zero attached hydrogens (tertiary/aromatic N) is 3. The van der Waals surface area contributed by atoms with Crippen molar-refractivity contribution < 1.29 is 4.39 Å². The van der Waals surface area contributed by atoms with E-state index in [0.717, 1.165) is 45.0 Å². The smallest absolute Gasteiger partial charge is 0.123 e. The van der Waals surface area contributed by atoms with Gasteiger partial charge in [0.05, 0.1) is 17.8 Å². The molecule has 4 rings (SSSR count). The normalized spacial score (nSPS) is 12.9. The van der Waals surface area contributed by atoms with Gasteiger partial charge in [-0.15, -0.1) is 0 Å². The monoisotopic (exact) mass is 427 g/mol. The van der Waals surface area contributed by atoms with Crippen LogP contribution >= 0.6 is 15.9 Å². The molecule has 0 saturated heterocycles. The Labute approximate surface area is 165 Å². The minimum atomic E-state index is -0.227. The van der Waals surface area contributed by atoms with E-state index in [1.54, 1.807) is 12.3 Å². The number of aromatic nitrogens is 3. The van der Waals surface area contributed by atoms with Gasteiger partial charge in [0.2, 0.25) is 0 Å². The highest BCUT2D eigenvalue weighted by atomic mass is 79.9. The molecule has 0 saturated carbocycles. The summed E-state index contributed by atoms with van der Waals surface area (Å²) in [6, 6.07) is 6.79. The summed E-state index contributed by atoms with van der Waals surface area (Å²) in [4.78, 5) is 2.16. The van der Waals surface area contributed by atoms with Gasteiger partial charge in [-0.05, 0) is 40.2 Å². The molecule has 3 heterocycles. The summed E-state index contributed by atoms with van der Waals surface area (Å²) in [5.74, 6) is 0.693. The zero-order valence-corrected chi connectivity index (χ0v) is 16.4. The summed E-state index contributed by atoms with van der Waals surface area (Å²) >= 11 is 3.61. The van der Waals surface area contributed by atoms with Crippen LogP contribution in [0.2, 0.25) is 0 Å². The molecule has 0 bridgehead atoms. The molecule has 0 radical (unpaired) electrons. The van der Waals surface area contributed by atoms with Crippen LogP contribution in [0.15, 0.2) is 59.5 Å². The Morgan fingerprint density at radius 1 is 1.41 bits per heavy atom. The van der Waals surface area contributed by atoms with Gasteiger partial charge in [-0.25, -0.2) is 4.39 Å². The number of nitrogens with one attached hydrogen (secondary N) is 2. The molecular formula is C20H19BrFN5. The second kappa shape index (κ2) is 7.08. The predicted octanol–water partition coefficient (Wildman–Crippen LogP) is 4.78. The number of aryl methyl sites for hydroxylation is 1. The Kier molecular flexibility index (Phi) is 4.61. The van der Waals surface area contributed by atoms with Gasteiger partial charge in [0.15, 0.2) is 0 Å². The van der Waals surface area contributed by atoms with Gasteiger partial charge in [-0.1, -0.05) is 18.7 Å². The molecule has 2 aromatic heterocycles. The summed E-state index contributed by atoms with van der Waals surface area (Å²) in [7, 11) is 1.97. The highest BCUT2D eigenvalue weighted by Gasteiger charge is 2.18. The maximum Gasteiger partial charge on any atom is 0.123 e. The molecule has 0 fully saturated rings. The van der Waals surface area contributed by atoms with Gasteiger partial charge in [-0.3, -0.25) is 5.10 Å². The Bertz CT molecular complexity index is 1020. The molecule has 5 nitrogen and oxygen atoms in total. The highest BCUT2D eigenvalue weighted by Crippen LogP contribution is 2.36. The third kappa shape index (κ3) is 3.42. The topological polar surface area (TPSA) is 48.9 Å². The molecule has 1 aliphatic rings. The van der Waals surface area contributed by atoms with Crippen molar-refractivity contribution in [2.75, 3.05) is 23.3 Å². The highest BCUT2D eigenvalue weighted by molar-refractivity contribution is 9.10. The quantitative estimate of drug-likeness (QED) is 0.615. The van der Waals surface area contributed by atoms with Gasteiger partial charge < -0.3 is 14.8 Å². The molecule has 7 heteroatoms. The first kappa shape index (κ1) is 17.6. The third-order valence-electron chi connectivity index (χ3n) is 4.54. The number of halogens is 2. The average molecular weight is 428 g/mol. The summed E-state index contributed by atoms with van der Waals surface area (Å²) in [6.07, 6.45) is 7.71. The van der Waals surface area contributed by atoms with Crippen LogP contribution in [0.5, 0.6) is 0 Å². The zero-order valence-electron chi connectivity index (χ0n) is 14.8. The lowest BCUT2D eigenvalue weighted by Crippen LogP contribution is -2.30. The summed E-state index contributed by atoms with van der Waals surface area (Å²) in [6.45, 7) is 5.56. The fourth-order valence-electron chi connectivity index (χ4n) is 3.33. The van der Waals surface area contributed by atoms with Crippen molar-refractivity contribution in [1.29, 1.82) is 0 Å². The van der Waals surface area contributed by atoms with Crippen LogP contribution in [-0.4, -0.2) is 27.9 Å². The first-order valence-corrected chi connectivity index (χ1v) is 9.32. The van der Waals surface area contributed by atoms with E-state index in [4.69, 9.17) is 0 Å². The predicted molar refractivity (Wildman–Crippen MR) is 111 cm³/mol. The van der Waals surface area contributed by atoms with Crippen molar-refractivity contribution >= 4 is 33.5 Å². The second-order valence-corrected chi connectivity index (χ2v) is 7.35. The lowest BCUT2D eigenvalue weighted by molar-refractivity contribution is 0.627.